The summed E-state index contributed by atoms with van der Waals surface area (Å²) in [5.41, 5.74) is -0.468. The van der Waals surface area contributed by atoms with E-state index in [0.29, 0.717) is 6.90 Å². The van der Waals surface area contributed by atoms with Crippen LogP contribution in [-0.4, -0.2) is 10.7 Å². The molecule has 11 heavy (non-hydrogen) atoms. The molecule has 0 aromatic heterocycles. The molecular weight excluding hydrogens is 136 g/mol. The van der Waals surface area contributed by atoms with E-state index in [1.807, 2.05) is 0 Å². The van der Waals surface area contributed by atoms with Crippen LogP contribution in [0.25, 0.3) is 0 Å². The molecular formula is C10H22O. The van der Waals surface area contributed by atoms with Gasteiger partial charge in [-0.25, -0.2) is 0 Å². The SMILES string of the molecule is [2H]CCCC(O)(CCC)CCC. The van der Waals surface area contributed by atoms with Crippen LogP contribution < -0.4 is 0 Å². The molecule has 0 bridgehead atoms. The van der Waals surface area contributed by atoms with Crippen LogP contribution in [0.5, 0.6) is 0 Å². The third kappa shape index (κ3) is 4.41. The van der Waals surface area contributed by atoms with E-state index in [9.17, 15) is 5.11 Å². The van der Waals surface area contributed by atoms with Crippen molar-refractivity contribution < 1.29 is 6.48 Å². The highest BCUT2D eigenvalue weighted by Gasteiger charge is 2.22. The van der Waals surface area contributed by atoms with E-state index in [4.69, 9.17) is 1.37 Å². The summed E-state index contributed by atoms with van der Waals surface area (Å²) in [5.74, 6) is 0. The quantitative estimate of drug-likeness (QED) is 0.631. The Labute approximate surface area is 72.2 Å². The second kappa shape index (κ2) is 5.59. The smallest absolute Gasteiger partial charge is 0.0647 e. The molecule has 0 atom stereocenters. The van der Waals surface area contributed by atoms with E-state index in [1.165, 1.54) is 0 Å². The molecule has 0 rings (SSSR count). The van der Waals surface area contributed by atoms with Crippen molar-refractivity contribution in [2.75, 3.05) is 0 Å². The summed E-state index contributed by atoms with van der Waals surface area (Å²) in [5, 5.41) is 10.1. The first-order valence-electron chi connectivity index (χ1n) is 5.41. The summed E-state index contributed by atoms with van der Waals surface area (Å²) in [6.45, 7) is 4.64. The zero-order valence-electron chi connectivity index (χ0n) is 8.90. The van der Waals surface area contributed by atoms with Crippen LogP contribution in [0.1, 0.15) is 60.6 Å². The lowest BCUT2D eigenvalue weighted by molar-refractivity contribution is 0.0123. The Morgan fingerprint density at radius 3 is 1.91 bits per heavy atom. The van der Waals surface area contributed by atoms with Gasteiger partial charge < -0.3 is 5.11 Å². The summed E-state index contributed by atoms with van der Waals surface area (Å²) in [6, 6.07) is 0. The largest absolute Gasteiger partial charge is 0.390 e. The van der Waals surface area contributed by atoms with Gasteiger partial charge in [-0.15, -0.1) is 0 Å². The maximum absolute atomic E-state index is 10.1. The van der Waals surface area contributed by atoms with Gasteiger partial charge in [0.05, 0.1) is 5.60 Å². The lowest BCUT2D eigenvalue weighted by Gasteiger charge is -2.26. The highest BCUT2D eigenvalue weighted by atomic mass is 16.3. The molecule has 0 aromatic carbocycles. The maximum Gasteiger partial charge on any atom is 0.0647 e. The minimum absolute atomic E-state index is 0.440. The van der Waals surface area contributed by atoms with E-state index >= 15 is 0 Å². The van der Waals surface area contributed by atoms with Crippen molar-refractivity contribution in [1.82, 2.24) is 0 Å². The zero-order chi connectivity index (χ0) is 9.45. The Balaban J connectivity index is 3.80. The normalized spacial score (nSPS) is 13.2. The summed E-state index contributed by atoms with van der Waals surface area (Å²) in [4.78, 5) is 0. The van der Waals surface area contributed by atoms with Gasteiger partial charge in [-0.3, -0.25) is 0 Å². The number of hydrogen-bond donors (Lipinski definition) is 1. The van der Waals surface area contributed by atoms with Crippen LogP contribution >= 0.6 is 0 Å². The van der Waals surface area contributed by atoms with Crippen LogP contribution in [0.4, 0.5) is 0 Å². The fourth-order valence-corrected chi connectivity index (χ4v) is 1.63. The second-order valence-electron chi connectivity index (χ2n) is 3.33. The lowest BCUT2D eigenvalue weighted by atomic mass is 9.88. The van der Waals surface area contributed by atoms with E-state index in [0.717, 1.165) is 38.5 Å². The molecule has 1 N–H and O–H groups in total. The average molecular weight is 159 g/mol. The van der Waals surface area contributed by atoms with Crippen molar-refractivity contribution in [2.45, 2.75) is 64.9 Å². The number of aliphatic hydroxyl groups is 1. The van der Waals surface area contributed by atoms with Crippen molar-refractivity contribution in [2.24, 2.45) is 0 Å². The molecule has 0 aliphatic heterocycles. The summed E-state index contributed by atoms with van der Waals surface area (Å²) in [6.07, 6.45) is 5.49. The van der Waals surface area contributed by atoms with Gasteiger partial charge in [0.1, 0.15) is 0 Å². The van der Waals surface area contributed by atoms with E-state index in [-0.39, 0.29) is 0 Å². The minimum Gasteiger partial charge on any atom is -0.390 e. The second-order valence-corrected chi connectivity index (χ2v) is 3.33. The van der Waals surface area contributed by atoms with Crippen LogP contribution in [0.3, 0.4) is 0 Å². The molecule has 1 heteroatoms. The molecule has 0 radical (unpaired) electrons. The molecule has 0 amide bonds. The van der Waals surface area contributed by atoms with E-state index in [1.54, 1.807) is 0 Å². The third-order valence-corrected chi connectivity index (χ3v) is 2.07. The molecule has 1 nitrogen and oxygen atoms in total. The molecule has 0 saturated carbocycles. The molecule has 0 spiro atoms. The minimum atomic E-state index is -0.468. The third-order valence-electron chi connectivity index (χ3n) is 2.07. The zero-order valence-corrected chi connectivity index (χ0v) is 7.90. The van der Waals surface area contributed by atoms with Gasteiger partial charge in [0, 0.05) is 1.37 Å². The van der Waals surface area contributed by atoms with Crippen molar-refractivity contribution in [3.8, 4) is 0 Å². The molecule has 0 aromatic rings. The van der Waals surface area contributed by atoms with E-state index < -0.39 is 5.60 Å². The first kappa shape index (κ1) is 9.05. The van der Waals surface area contributed by atoms with Crippen LogP contribution in [-0.2, 0) is 0 Å². The van der Waals surface area contributed by atoms with Gasteiger partial charge in [-0.05, 0) is 19.3 Å². The Morgan fingerprint density at radius 2 is 1.55 bits per heavy atom. The molecule has 0 fully saturated rings. The van der Waals surface area contributed by atoms with Crippen molar-refractivity contribution in [3.63, 3.8) is 0 Å². The van der Waals surface area contributed by atoms with E-state index in [2.05, 4.69) is 13.8 Å². The fourth-order valence-electron chi connectivity index (χ4n) is 1.63. The van der Waals surface area contributed by atoms with Gasteiger partial charge in [0.15, 0.2) is 0 Å². The Bertz CT molecular complexity index is 98.0. The number of hydrogen-bond acceptors (Lipinski definition) is 1. The fraction of sp³-hybridized carbons (Fsp3) is 1.00. The Morgan fingerprint density at radius 1 is 1.09 bits per heavy atom. The summed E-state index contributed by atoms with van der Waals surface area (Å²) >= 11 is 0. The first-order chi connectivity index (χ1) is 5.68. The number of rotatable bonds is 6. The van der Waals surface area contributed by atoms with Gasteiger partial charge in [0.2, 0.25) is 0 Å². The van der Waals surface area contributed by atoms with Gasteiger partial charge in [-0.2, -0.15) is 0 Å². The van der Waals surface area contributed by atoms with Crippen LogP contribution in [0, 0.1) is 0 Å². The van der Waals surface area contributed by atoms with Crippen molar-refractivity contribution >= 4 is 0 Å². The highest BCUT2D eigenvalue weighted by Crippen LogP contribution is 2.24. The van der Waals surface area contributed by atoms with Gasteiger partial charge >= 0.3 is 0 Å². The molecule has 0 saturated heterocycles. The summed E-state index contributed by atoms with van der Waals surface area (Å²) < 4.78 is 7.04. The molecule has 0 heterocycles. The molecule has 0 unspecified atom stereocenters. The Kier molecular flexibility index (Phi) is 4.60. The highest BCUT2D eigenvalue weighted by molar-refractivity contribution is 4.76. The Hall–Kier alpha value is -0.0400. The van der Waals surface area contributed by atoms with Gasteiger partial charge in [0.25, 0.3) is 0 Å². The molecule has 0 aliphatic carbocycles. The van der Waals surface area contributed by atoms with Crippen LogP contribution in [0.15, 0.2) is 0 Å². The maximum atomic E-state index is 10.1. The molecule has 68 valence electrons. The van der Waals surface area contributed by atoms with Crippen molar-refractivity contribution in [3.05, 3.63) is 0 Å². The lowest BCUT2D eigenvalue weighted by Crippen LogP contribution is -2.27. The predicted octanol–water partition coefficient (Wildman–Crippen LogP) is 3.12. The first-order valence-corrected chi connectivity index (χ1v) is 4.70. The van der Waals surface area contributed by atoms with Crippen LogP contribution in [0.2, 0.25) is 0 Å². The summed E-state index contributed by atoms with van der Waals surface area (Å²) in [7, 11) is 0. The monoisotopic (exact) mass is 159 g/mol. The van der Waals surface area contributed by atoms with Gasteiger partial charge in [-0.1, -0.05) is 40.0 Å². The topological polar surface area (TPSA) is 20.2 Å². The average Bonchev–Trinajstić information content (AvgIpc) is 2.02. The molecule has 0 aliphatic rings. The predicted molar refractivity (Wildman–Crippen MR) is 49.7 cm³/mol. The van der Waals surface area contributed by atoms with Crippen molar-refractivity contribution in [1.29, 1.82) is 0 Å². The standard InChI is InChI=1S/C10H22O/c1-4-7-10(11,8-5-2)9-6-3/h11H,4-9H2,1-3H3/i1D.